The summed E-state index contributed by atoms with van der Waals surface area (Å²) in [6, 6.07) is 25.8. The van der Waals surface area contributed by atoms with E-state index in [1.54, 1.807) is 0 Å². The van der Waals surface area contributed by atoms with Crippen molar-refractivity contribution in [1.82, 2.24) is 0 Å². The van der Waals surface area contributed by atoms with Crippen LogP contribution in [0.15, 0.2) is 72.8 Å². The van der Waals surface area contributed by atoms with Crippen LogP contribution in [-0.4, -0.2) is 13.2 Å². The van der Waals surface area contributed by atoms with Crippen molar-refractivity contribution in [1.29, 1.82) is 0 Å². The van der Waals surface area contributed by atoms with E-state index in [9.17, 15) is 0 Å². The predicted molar refractivity (Wildman–Crippen MR) is 113 cm³/mol. The molecule has 1 aliphatic rings. The van der Waals surface area contributed by atoms with Gasteiger partial charge in [0.05, 0.1) is 13.2 Å². The second kappa shape index (κ2) is 8.59. The second-order valence-electron chi connectivity index (χ2n) is 7.39. The Kier molecular flexibility index (Phi) is 5.75. The maximum atomic E-state index is 5.76. The Morgan fingerprint density at radius 1 is 0.750 bits per heavy atom. The zero-order valence-electron chi connectivity index (χ0n) is 16.6. The minimum absolute atomic E-state index is 0.231. The molecule has 0 aliphatic carbocycles. The molecule has 0 radical (unpaired) electrons. The van der Waals surface area contributed by atoms with Gasteiger partial charge in [0.2, 0.25) is 0 Å². The van der Waals surface area contributed by atoms with E-state index in [0.29, 0.717) is 13.2 Å². The molecule has 0 amide bonds. The number of rotatable bonds is 6. The molecule has 0 saturated carbocycles. The summed E-state index contributed by atoms with van der Waals surface area (Å²) < 4.78 is 11.5. The van der Waals surface area contributed by atoms with Crippen molar-refractivity contribution in [2.24, 2.45) is 0 Å². The van der Waals surface area contributed by atoms with Gasteiger partial charge in [-0.1, -0.05) is 60.7 Å². The lowest BCUT2D eigenvalue weighted by Crippen LogP contribution is -2.22. The van der Waals surface area contributed by atoms with Crippen molar-refractivity contribution in [2.75, 3.05) is 18.1 Å². The number of hydrogen-bond acceptors (Lipinski definition) is 3. The fourth-order valence-corrected chi connectivity index (χ4v) is 3.88. The largest absolute Gasteiger partial charge is 0.363 e. The maximum absolute atomic E-state index is 5.76. The summed E-state index contributed by atoms with van der Waals surface area (Å²) in [6.07, 6.45) is -0.231. The van der Waals surface area contributed by atoms with Crippen LogP contribution in [0.1, 0.15) is 34.1 Å². The Morgan fingerprint density at radius 2 is 1.21 bits per heavy atom. The van der Waals surface area contributed by atoms with Gasteiger partial charge >= 0.3 is 0 Å². The third-order valence-corrected chi connectivity index (χ3v) is 5.23. The van der Waals surface area contributed by atoms with E-state index >= 15 is 0 Å². The predicted octanol–water partition coefficient (Wildman–Crippen LogP) is 5.56. The summed E-state index contributed by atoms with van der Waals surface area (Å²) in [7, 11) is 0. The van der Waals surface area contributed by atoms with Crippen LogP contribution in [0, 0.1) is 13.8 Å². The van der Waals surface area contributed by atoms with E-state index in [2.05, 4.69) is 91.5 Å². The molecule has 1 aliphatic heterocycles. The van der Waals surface area contributed by atoms with Crippen LogP contribution in [0.25, 0.3) is 0 Å². The lowest BCUT2D eigenvalue weighted by atomic mass is 10.00. The highest BCUT2D eigenvalue weighted by Gasteiger charge is 2.23. The normalized spacial score (nSPS) is 14.4. The van der Waals surface area contributed by atoms with Crippen molar-refractivity contribution < 1.29 is 9.47 Å². The van der Waals surface area contributed by atoms with Gasteiger partial charge in [0, 0.05) is 24.3 Å². The van der Waals surface area contributed by atoms with Crippen molar-refractivity contribution >= 4 is 5.69 Å². The first kappa shape index (κ1) is 18.7. The number of aryl methyl sites for hydroxylation is 2. The molecular formula is C25H27NO2. The highest BCUT2D eigenvalue weighted by Crippen LogP contribution is 2.33. The molecule has 0 bridgehead atoms. The fourth-order valence-electron chi connectivity index (χ4n) is 3.88. The molecule has 1 fully saturated rings. The second-order valence-corrected chi connectivity index (χ2v) is 7.39. The van der Waals surface area contributed by atoms with Crippen LogP contribution in [0.5, 0.6) is 0 Å². The zero-order chi connectivity index (χ0) is 19.3. The van der Waals surface area contributed by atoms with Crippen molar-refractivity contribution in [2.45, 2.75) is 33.2 Å². The molecule has 144 valence electrons. The van der Waals surface area contributed by atoms with E-state index in [-0.39, 0.29) is 6.29 Å². The van der Waals surface area contributed by atoms with Gasteiger partial charge < -0.3 is 14.4 Å². The van der Waals surface area contributed by atoms with Crippen molar-refractivity contribution in [3.8, 4) is 0 Å². The van der Waals surface area contributed by atoms with Crippen LogP contribution in [0.2, 0.25) is 0 Å². The molecule has 28 heavy (non-hydrogen) atoms. The lowest BCUT2D eigenvalue weighted by Gasteiger charge is -2.27. The van der Waals surface area contributed by atoms with Crippen LogP contribution < -0.4 is 4.90 Å². The Bertz CT molecular complexity index is 838. The van der Waals surface area contributed by atoms with E-state index < -0.39 is 0 Å². The Labute approximate surface area is 167 Å². The standard InChI is InChI=1S/C25H27NO2/c1-19-15-23(16-20(2)24(19)25-27-13-14-28-25)26(17-21-9-5-3-6-10-21)18-22-11-7-4-8-12-22/h3-12,15-16,25H,13-14,17-18H2,1-2H3. The summed E-state index contributed by atoms with van der Waals surface area (Å²) >= 11 is 0. The van der Waals surface area contributed by atoms with Gasteiger partial charge in [-0.3, -0.25) is 0 Å². The first-order valence-corrected chi connectivity index (χ1v) is 9.88. The van der Waals surface area contributed by atoms with Crippen LogP contribution in [0.4, 0.5) is 5.69 Å². The molecule has 4 rings (SSSR count). The Morgan fingerprint density at radius 3 is 1.68 bits per heavy atom. The SMILES string of the molecule is Cc1cc(N(Cc2ccccc2)Cc2ccccc2)cc(C)c1C1OCCO1. The molecule has 0 atom stereocenters. The number of ether oxygens (including phenoxy) is 2. The van der Waals surface area contributed by atoms with Crippen LogP contribution in [0.3, 0.4) is 0 Å². The molecule has 3 aromatic rings. The number of benzene rings is 3. The molecule has 1 heterocycles. The number of anilines is 1. The van der Waals surface area contributed by atoms with E-state index in [1.165, 1.54) is 33.5 Å². The molecule has 0 aromatic heterocycles. The van der Waals surface area contributed by atoms with Gasteiger partial charge in [-0.15, -0.1) is 0 Å². The maximum Gasteiger partial charge on any atom is 0.184 e. The number of nitrogens with zero attached hydrogens (tertiary/aromatic N) is 1. The highest BCUT2D eigenvalue weighted by molar-refractivity contribution is 5.55. The summed E-state index contributed by atoms with van der Waals surface area (Å²) in [6.45, 7) is 7.37. The first-order chi connectivity index (χ1) is 13.7. The van der Waals surface area contributed by atoms with Gasteiger partial charge in [-0.25, -0.2) is 0 Å². The van der Waals surface area contributed by atoms with E-state index in [4.69, 9.17) is 9.47 Å². The van der Waals surface area contributed by atoms with Crippen molar-refractivity contribution in [3.63, 3.8) is 0 Å². The molecular weight excluding hydrogens is 346 g/mol. The topological polar surface area (TPSA) is 21.7 Å². The minimum Gasteiger partial charge on any atom is -0.363 e. The van der Waals surface area contributed by atoms with Crippen LogP contribution in [-0.2, 0) is 22.6 Å². The van der Waals surface area contributed by atoms with Gasteiger partial charge in [0.15, 0.2) is 6.29 Å². The van der Waals surface area contributed by atoms with Gasteiger partial charge in [0.1, 0.15) is 0 Å². The van der Waals surface area contributed by atoms with Gasteiger partial charge in [-0.05, 0) is 48.2 Å². The Hall–Kier alpha value is -2.62. The summed E-state index contributed by atoms with van der Waals surface area (Å²) in [5.41, 5.74) is 7.44. The third kappa shape index (κ3) is 4.27. The summed E-state index contributed by atoms with van der Waals surface area (Å²) in [5.74, 6) is 0. The minimum atomic E-state index is -0.231. The molecule has 3 nitrogen and oxygen atoms in total. The molecule has 3 aromatic carbocycles. The molecule has 1 saturated heterocycles. The molecule has 0 N–H and O–H groups in total. The summed E-state index contributed by atoms with van der Waals surface area (Å²) in [4.78, 5) is 2.44. The fraction of sp³-hybridized carbons (Fsp3) is 0.280. The molecule has 0 unspecified atom stereocenters. The summed E-state index contributed by atoms with van der Waals surface area (Å²) in [5, 5.41) is 0. The van der Waals surface area contributed by atoms with Crippen molar-refractivity contribution in [3.05, 3.63) is 101 Å². The quantitative estimate of drug-likeness (QED) is 0.565. The number of hydrogen-bond donors (Lipinski definition) is 0. The smallest absolute Gasteiger partial charge is 0.184 e. The monoisotopic (exact) mass is 373 g/mol. The average Bonchev–Trinajstić information content (AvgIpc) is 3.23. The van der Waals surface area contributed by atoms with E-state index in [1.807, 2.05) is 0 Å². The lowest BCUT2D eigenvalue weighted by molar-refractivity contribution is -0.0449. The van der Waals surface area contributed by atoms with Gasteiger partial charge in [0.25, 0.3) is 0 Å². The molecule has 0 spiro atoms. The Balaban J connectivity index is 1.67. The van der Waals surface area contributed by atoms with E-state index in [0.717, 1.165) is 13.1 Å². The van der Waals surface area contributed by atoms with Gasteiger partial charge in [-0.2, -0.15) is 0 Å². The average molecular weight is 373 g/mol. The highest BCUT2D eigenvalue weighted by atomic mass is 16.7. The van der Waals surface area contributed by atoms with Crippen LogP contribution >= 0.6 is 0 Å². The first-order valence-electron chi connectivity index (χ1n) is 9.88. The zero-order valence-corrected chi connectivity index (χ0v) is 16.6. The third-order valence-electron chi connectivity index (χ3n) is 5.23. The molecule has 3 heteroatoms.